The molecule has 1 aliphatic heterocycles. The molecule has 1 saturated heterocycles. The molecule has 0 bridgehead atoms. The van der Waals surface area contributed by atoms with Crippen LogP contribution in [0.15, 0.2) is 18.2 Å². The Morgan fingerprint density at radius 3 is 2.73 bits per heavy atom. The van der Waals surface area contributed by atoms with Crippen LogP contribution < -0.4 is 14.8 Å². The van der Waals surface area contributed by atoms with Crippen LogP contribution in [0.3, 0.4) is 0 Å². The first-order valence-electron chi connectivity index (χ1n) is 7.76. The fourth-order valence-electron chi connectivity index (χ4n) is 2.30. The van der Waals surface area contributed by atoms with Crippen molar-refractivity contribution in [1.82, 2.24) is 4.90 Å². The van der Waals surface area contributed by atoms with Gasteiger partial charge in [-0.15, -0.1) is 22.5 Å². The topological polar surface area (TPSA) is 112 Å². The maximum absolute atomic E-state index is 12.2. The normalized spacial score (nSPS) is 14.0. The van der Waals surface area contributed by atoms with E-state index in [0.29, 0.717) is 43.5 Å². The molecule has 10 nitrogen and oxygen atoms in total. The predicted molar refractivity (Wildman–Crippen MR) is 94.6 cm³/mol. The predicted octanol–water partition coefficient (Wildman–Crippen LogP) is 0.975. The summed E-state index contributed by atoms with van der Waals surface area (Å²) in [5.74, 6) is 0.757. The number of halogens is 1. The van der Waals surface area contributed by atoms with Crippen molar-refractivity contribution in [2.45, 2.75) is 0 Å². The van der Waals surface area contributed by atoms with E-state index in [0.717, 1.165) is 0 Å². The van der Waals surface area contributed by atoms with Gasteiger partial charge >= 0.3 is 0 Å². The second-order valence-corrected chi connectivity index (χ2v) is 5.20. The fraction of sp³-hybridized carbons (Fsp3) is 0.533. The number of rotatable bonds is 9. The van der Waals surface area contributed by atoms with Crippen molar-refractivity contribution in [2.75, 3.05) is 58.5 Å². The van der Waals surface area contributed by atoms with Crippen LogP contribution in [0, 0.1) is 10.1 Å². The number of methoxy groups -OCH3 is 1. The molecule has 0 unspecified atom stereocenters. The second kappa shape index (κ2) is 11.3. The SMILES string of the molecule is COc1ccc(OCCO[N+](=O)[O-])cc1NC(=O)CN1CCOCC1.Cl. The Kier molecular flexibility index (Phi) is 9.48. The quantitative estimate of drug-likeness (QED) is 0.376. The molecule has 0 spiro atoms. The summed E-state index contributed by atoms with van der Waals surface area (Å²) in [6.07, 6.45) is 0. The van der Waals surface area contributed by atoms with Crippen molar-refractivity contribution < 1.29 is 28.9 Å². The van der Waals surface area contributed by atoms with Crippen LogP contribution in [-0.2, 0) is 14.4 Å². The zero-order valence-corrected chi connectivity index (χ0v) is 15.2. The van der Waals surface area contributed by atoms with Crippen molar-refractivity contribution in [2.24, 2.45) is 0 Å². The van der Waals surface area contributed by atoms with E-state index in [9.17, 15) is 14.9 Å². The minimum Gasteiger partial charge on any atom is -0.495 e. The van der Waals surface area contributed by atoms with Crippen LogP contribution in [0.5, 0.6) is 11.5 Å². The number of benzene rings is 1. The van der Waals surface area contributed by atoms with E-state index < -0.39 is 5.09 Å². The molecule has 1 amide bonds. The van der Waals surface area contributed by atoms with Gasteiger partial charge in [0.25, 0.3) is 5.09 Å². The second-order valence-electron chi connectivity index (χ2n) is 5.20. The van der Waals surface area contributed by atoms with Crippen molar-refractivity contribution >= 4 is 24.0 Å². The Bertz CT molecular complexity index is 597. The third kappa shape index (κ3) is 7.30. The number of amides is 1. The van der Waals surface area contributed by atoms with E-state index >= 15 is 0 Å². The summed E-state index contributed by atoms with van der Waals surface area (Å²) in [6.45, 7) is 2.74. The highest BCUT2D eigenvalue weighted by atomic mass is 35.5. The Balaban J connectivity index is 0.00000338. The molecule has 0 radical (unpaired) electrons. The minimum absolute atomic E-state index is 0. The molecule has 1 N–H and O–H groups in total. The molecule has 0 aliphatic carbocycles. The highest BCUT2D eigenvalue weighted by Crippen LogP contribution is 2.29. The van der Waals surface area contributed by atoms with E-state index in [1.807, 2.05) is 4.90 Å². The number of hydrogen-bond acceptors (Lipinski definition) is 8. The number of morpholine rings is 1. The number of hydrogen-bond donors (Lipinski definition) is 1. The van der Waals surface area contributed by atoms with E-state index in [4.69, 9.17) is 14.2 Å². The Hall–Kier alpha value is -2.30. The summed E-state index contributed by atoms with van der Waals surface area (Å²) in [5, 5.41) is 12.0. The lowest BCUT2D eigenvalue weighted by molar-refractivity contribution is -0.757. The maximum atomic E-state index is 12.2. The first-order valence-corrected chi connectivity index (χ1v) is 7.76. The Labute approximate surface area is 156 Å². The smallest absolute Gasteiger partial charge is 0.294 e. The molecule has 0 saturated carbocycles. The van der Waals surface area contributed by atoms with Gasteiger partial charge in [-0.3, -0.25) is 9.69 Å². The van der Waals surface area contributed by atoms with Gasteiger partial charge in [0.15, 0.2) is 0 Å². The number of anilines is 1. The van der Waals surface area contributed by atoms with Gasteiger partial charge in [0.1, 0.15) is 24.7 Å². The van der Waals surface area contributed by atoms with Crippen LogP contribution in [0.1, 0.15) is 0 Å². The van der Waals surface area contributed by atoms with Gasteiger partial charge in [-0.25, -0.2) is 0 Å². The third-order valence-electron chi connectivity index (χ3n) is 3.46. The first kappa shape index (κ1) is 21.7. The highest BCUT2D eigenvalue weighted by molar-refractivity contribution is 5.94. The van der Waals surface area contributed by atoms with Crippen molar-refractivity contribution in [1.29, 1.82) is 0 Å². The summed E-state index contributed by atoms with van der Waals surface area (Å²) in [5.41, 5.74) is 0.466. The zero-order valence-electron chi connectivity index (χ0n) is 14.3. The molecule has 1 aromatic carbocycles. The van der Waals surface area contributed by atoms with Gasteiger partial charge in [0.05, 0.1) is 32.6 Å². The van der Waals surface area contributed by atoms with Gasteiger partial charge in [0, 0.05) is 19.2 Å². The summed E-state index contributed by atoms with van der Waals surface area (Å²) >= 11 is 0. The van der Waals surface area contributed by atoms with Gasteiger partial charge in [-0.1, -0.05) is 0 Å². The Morgan fingerprint density at radius 1 is 1.35 bits per heavy atom. The molecule has 1 aromatic rings. The van der Waals surface area contributed by atoms with E-state index in [2.05, 4.69) is 10.2 Å². The third-order valence-corrected chi connectivity index (χ3v) is 3.46. The molecule has 1 heterocycles. The average molecular weight is 392 g/mol. The molecule has 1 aliphatic rings. The highest BCUT2D eigenvalue weighted by Gasteiger charge is 2.16. The molecular weight excluding hydrogens is 370 g/mol. The summed E-state index contributed by atoms with van der Waals surface area (Å²) in [6, 6.07) is 4.89. The van der Waals surface area contributed by atoms with E-state index in [1.54, 1.807) is 18.2 Å². The summed E-state index contributed by atoms with van der Waals surface area (Å²) in [7, 11) is 1.50. The van der Waals surface area contributed by atoms with E-state index in [1.165, 1.54) is 7.11 Å². The summed E-state index contributed by atoms with van der Waals surface area (Å²) < 4.78 is 15.8. The number of ether oxygens (including phenoxy) is 3. The first-order chi connectivity index (χ1) is 12.1. The lowest BCUT2D eigenvalue weighted by atomic mass is 10.2. The number of nitrogens with one attached hydrogen (secondary N) is 1. The fourth-order valence-corrected chi connectivity index (χ4v) is 2.30. The van der Waals surface area contributed by atoms with Gasteiger partial charge in [-0.05, 0) is 12.1 Å². The van der Waals surface area contributed by atoms with Crippen molar-refractivity contribution in [3.05, 3.63) is 28.3 Å². The van der Waals surface area contributed by atoms with Crippen LogP contribution in [-0.4, -0.2) is 69.1 Å². The molecule has 1 fully saturated rings. The number of carbonyl (C=O) groups is 1. The van der Waals surface area contributed by atoms with Crippen molar-refractivity contribution in [3.63, 3.8) is 0 Å². The Morgan fingerprint density at radius 2 is 2.08 bits per heavy atom. The monoisotopic (exact) mass is 391 g/mol. The number of carbonyl (C=O) groups excluding carboxylic acids is 1. The molecular formula is C15H22ClN3O7. The van der Waals surface area contributed by atoms with Gasteiger partial charge in [-0.2, -0.15) is 0 Å². The van der Waals surface area contributed by atoms with E-state index in [-0.39, 0.29) is 38.1 Å². The molecule has 11 heteroatoms. The summed E-state index contributed by atoms with van der Waals surface area (Å²) in [4.78, 5) is 28.5. The molecule has 0 atom stereocenters. The average Bonchev–Trinajstić information content (AvgIpc) is 2.59. The molecule has 2 rings (SSSR count). The zero-order chi connectivity index (χ0) is 18.1. The van der Waals surface area contributed by atoms with Crippen molar-refractivity contribution in [3.8, 4) is 11.5 Å². The molecule has 146 valence electrons. The van der Waals surface area contributed by atoms with Crippen LogP contribution in [0.25, 0.3) is 0 Å². The molecule has 0 aromatic heterocycles. The standard InChI is InChI=1S/C15H21N3O7.ClH/c1-22-14-3-2-12(24-8-9-25-18(20)21)10-13(14)16-15(19)11-17-4-6-23-7-5-17;/h2-3,10H,4-9,11H2,1H3,(H,16,19);1H. The molecule has 26 heavy (non-hydrogen) atoms. The van der Waals surface area contributed by atoms with Crippen LogP contribution in [0.2, 0.25) is 0 Å². The minimum atomic E-state index is -0.880. The number of nitrogens with zero attached hydrogens (tertiary/aromatic N) is 2. The maximum Gasteiger partial charge on any atom is 0.294 e. The van der Waals surface area contributed by atoms with Gasteiger partial charge < -0.3 is 24.4 Å². The van der Waals surface area contributed by atoms with Gasteiger partial charge in [0.2, 0.25) is 5.91 Å². The van der Waals surface area contributed by atoms with Crippen LogP contribution >= 0.6 is 12.4 Å². The lowest BCUT2D eigenvalue weighted by Gasteiger charge is -2.26. The lowest BCUT2D eigenvalue weighted by Crippen LogP contribution is -2.41. The van der Waals surface area contributed by atoms with Crippen LogP contribution in [0.4, 0.5) is 5.69 Å². The largest absolute Gasteiger partial charge is 0.495 e.